The van der Waals surface area contributed by atoms with Crippen LogP contribution in [-0.4, -0.2) is 14.2 Å². The molecule has 0 bridgehead atoms. The Bertz CT molecular complexity index is 218. The second-order valence-electron chi connectivity index (χ2n) is 2.28. The van der Waals surface area contributed by atoms with E-state index in [1.165, 1.54) is 7.11 Å². The van der Waals surface area contributed by atoms with Crippen molar-refractivity contribution in [2.45, 2.75) is 6.61 Å². The summed E-state index contributed by atoms with van der Waals surface area (Å²) in [5.74, 6) is 0.844. The fourth-order valence-electron chi connectivity index (χ4n) is 0.849. The molecule has 0 N–H and O–H groups in total. The lowest BCUT2D eigenvalue weighted by Crippen LogP contribution is -1.91. The van der Waals surface area contributed by atoms with E-state index >= 15 is 0 Å². The number of ether oxygens (including phenoxy) is 1. The van der Waals surface area contributed by atoms with Crippen LogP contribution in [-0.2, 0) is 16.4 Å². The van der Waals surface area contributed by atoms with E-state index in [1.807, 2.05) is 24.3 Å². The fourth-order valence-corrected chi connectivity index (χ4v) is 0.849. The van der Waals surface area contributed by atoms with Gasteiger partial charge in [0.25, 0.3) is 0 Å². The molecule has 0 amide bonds. The van der Waals surface area contributed by atoms with Gasteiger partial charge in [0.1, 0.15) is 12.4 Å². The van der Waals surface area contributed by atoms with Crippen LogP contribution in [0.1, 0.15) is 5.56 Å². The molecule has 0 spiro atoms. The van der Waals surface area contributed by atoms with Crippen molar-refractivity contribution in [2.75, 3.05) is 14.2 Å². The molecule has 0 saturated heterocycles. The van der Waals surface area contributed by atoms with Crippen molar-refractivity contribution < 1.29 is 14.5 Å². The second kappa shape index (κ2) is 4.74. The highest BCUT2D eigenvalue weighted by Crippen LogP contribution is 2.11. The Kier molecular flexibility index (Phi) is 3.57. The zero-order valence-electron chi connectivity index (χ0n) is 7.24. The SMILES string of the molecule is COOCc1ccc(OC)cc1. The van der Waals surface area contributed by atoms with E-state index in [1.54, 1.807) is 7.11 Å². The molecule has 3 nitrogen and oxygen atoms in total. The van der Waals surface area contributed by atoms with E-state index in [-0.39, 0.29) is 0 Å². The topological polar surface area (TPSA) is 27.7 Å². The highest BCUT2D eigenvalue weighted by atomic mass is 17.2. The smallest absolute Gasteiger partial charge is 0.118 e. The lowest BCUT2D eigenvalue weighted by atomic mass is 10.2. The van der Waals surface area contributed by atoms with Crippen LogP contribution in [0.2, 0.25) is 0 Å². The van der Waals surface area contributed by atoms with Gasteiger partial charge in [0.15, 0.2) is 0 Å². The molecule has 0 saturated carbocycles. The molecule has 0 aliphatic carbocycles. The zero-order valence-corrected chi connectivity index (χ0v) is 7.24. The molecule has 0 radical (unpaired) electrons. The van der Waals surface area contributed by atoms with Crippen molar-refractivity contribution >= 4 is 0 Å². The van der Waals surface area contributed by atoms with Gasteiger partial charge in [-0.1, -0.05) is 12.1 Å². The van der Waals surface area contributed by atoms with Gasteiger partial charge in [0.2, 0.25) is 0 Å². The maximum atomic E-state index is 5.00. The molecular weight excluding hydrogens is 156 g/mol. The van der Waals surface area contributed by atoms with Crippen molar-refractivity contribution in [2.24, 2.45) is 0 Å². The van der Waals surface area contributed by atoms with Crippen LogP contribution < -0.4 is 4.74 Å². The van der Waals surface area contributed by atoms with E-state index in [0.717, 1.165) is 11.3 Å². The summed E-state index contributed by atoms with van der Waals surface area (Å²) in [5.41, 5.74) is 1.05. The van der Waals surface area contributed by atoms with Gasteiger partial charge in [-0.05, 0) is 17.7 Å². The molecule has 1 aromatic rings. The van der Waals surface area contributed by atoms with Crippen molar-refractivity contribution in [1.82, 2.24) is 0 Å². The Morgan fingerprint density at radius 2 is 1.75 bits per heavy atom. The average Bonchev–Trinajstić information content (AvgIpc) is 2.15. The largest absolute Gasteiger partial charge is 0.497 e. The van der Waals surface area contributed by atoms with E-state index < -0.39 is 0 Å². The third-order valence-electron chi connectivity index (χ3n) is 1.50. The highest BCUT2D eigenvalue weighted by Gasteiger charge is 1.93. The Labute approximate surface area is 71.8 Å². The van der Waals surface area contributed by atoms with Crippen LogP contribution in [0.25, 0.3) is 0 Å². The predicted octanol–water partition coefficient (Wildman–Crippen LogP) is 1.77. The van der Waals surface area contributed by atoms with Gasteiger partial charge in [0, 0.05) is 0 Å². The van der Waals surface area contributed by atoms with Crippen molar-refractivity contribution in [3.8, 4) is 5.75 Å². The van der Waals surface area contributed by atoms with Gasteiger partial charge < -0.3 is 4.74 Å². The normalized spacial score (nSPS) is 9.83. The summed E-state index contributed by atoms with van der Waals surface area (Å²) >= 11 is 0. The van der Waals surface area contributed by atoms with Crippen molar-refractivity contribution in [3.05, 3.63) is 29.8 Å². The van der Waals surface area contributed by atoms with E-state index in [4.69, 9.17) is 9.62 Å². The minimum absolute atomic E-state index is 0.459. The Morgan fingerprint density at radius 1 is 1.08 bits per heavy atom. The quantitative estimate of drug-likeness (QED) is 0.506. The Balaban J connectivity index is 2.53. The fraction of sp³-hybridized carbons (Fsp3) is 0.333. The molecule has 0 aromatic heterocycles. The molecule has 0 fully saturated rings. The molecule has 66 valence electrons. The molecule has 0 atom stereocenters. The lowest BCUT2D eigenvalue weighted by Gasteiger charge is -2.02. The van der Waals surface area contributed by atoms with Crippen LogP contribution in [0, 0.1) is 0 Å². The van der Waals surface area contributed by atoms with Gasteiger partial charge in [-0.3, -0.25) is 0 Å². The number of benzene rings is 1. The molecule has 1 rings (SSSR count). The lowest BCUT2D eigenvalue weighted by molar-refractivity contribution is -0.282. The van der Waals surface area contributed by atoms with Gasteiger partial charge in [-0.15, -0.1) is 0 Å². The third-order valence-corrected chi connectivity index (χ3v) is 1.50. The summed E-state index contributed by atoms with van der Waals surface area (Å²) in [6.45, 7) is 0.459. The molecule has 3 heteroatoms. The number of rotatable bonds is 4. The first kappa shape index (κ1) is 9.03. The maximum absolute atomic E-state index is 5.00. The van der Waals surface area contributed by atoms with Crippen LogP contribution >= 0.6 is 0 Å². The molecule has 0 aliphatic rings. The molecule has 1 aromatic carbocycles. The minimum atomic E-state index is 0.459. The van der Waals surface area contributed by atoms with Crippen LogP contribution in [0.15, 0.2) is 24.3 Å². The second-order valence-corrected chi connectivity index (χ2v) is 2.28. The van der Waals surface area contributed by atoms with Crippen LogP contribution in [0.3, 0.4) is 0 Å². The maximum Gasteiger partial charge on any atom is 0.118 e. The Hall–Kier alpha value is -1.06. The van der Waals surface area contributed by atoms with Gasteiger partial charge in [0.05, 0.1) is 14.2 Å². The van der Waals surface area contributed by atoms with E-state index in [9.17, 15) is 0 Å². The summed E-state index contributed by atoms with van der Waals surface area (Å²) < 4.78 is 5.00. The molecule has 0 unspecified atom stereocenters. The minimum Gasteiger partial charge on any atom is -0.497 e. The summed E-state index contributed by atoms with van der Waals surface area (Å²) in [6.07, 6.45) is 0. The number of hydrogen-bond acceptors (Lipinski definition) is 3. The third kappa shape index (κ3) is 2.53. The molecule has 12 heavy (non-hydrogen) atoms. The van der Waals surface area contributed by atoms with Gasteiger partial charge in [-0.2, -0.15) is 0 Å². The summed E-state index contributed by atoms with van der Waals surface area (Å²) in [6, 6.07) is 7.62. The Morgan fingerprint density at radius 3 is 2.25 bits per heavy atom. The monoisotopic (exact) mass is 168 g/mol. The van der Waals surface area contributed by atoms with E-state index in [0.29, 0.717) is 6.61 Å². The van der Waals surface area contributed by atoms with Crippen LogP contribution in [0.5, 0.6) is 5.75 Å². The number of hydrogen-bond donors (Lipinski definition) is 0. The van der Waals surface area contributed by atoms with Crippen molar-refractivity contribution in [3.63, 3.8) is 0 Å². The highest BCUT2D eigenvalue weighted by molar-refractivity contribution is 5.26. The first-order chi connectivity index (χ1) is 5.86. The number of methoxy groups -OCH3 is 1. The van der Waals surface area contributed by atoms with E-state index in [2.05, 4.69) is 4.89 Å². The molecular formula is C9H12O3. The van der Waals surface area contributed by atoms with Crippen molar-refractivity contribution in [1.29, 1.82) is 0 Å². The van der Waals surface area contributed by atoms with Crippen LogP contribution in [0.4, 0.5) is 0 Å². The summed E-state index contributed by atoms with van der Waals surface area (Å²) in [4.78, 5) is 9.22. The summed E-state index contributed by atoms with van der Waals surface area (Å²) in [7, 11) is 3.13. The summed E-state index contributed by atoms with van der Waals surface area (Å²) in [5, 5.41) is 0. The first-order valence-corrected chi connectivity index (χ1v) is 3.65. The standard InChI is InChI=1S/C9H12O3/c1-10-9-5-3-8(4-6-9)7-12-11-2/h3-6H,7H2,1-2H3. The zero-order chi connectivity index (χ0) is 8.81. The average molecular weight is 168 g/mol. The predicted molar refractivity (Wildman–Crippen MR) is 44.8 cm³/mol. The van der Waals surface area contributed by atoms with Gasteiger partial charge in [-0.25, -0.2) is 9.78 Å². The molecule has 0 aliphatic heterocycles. The first-order valence-electron chi connectivity index (χ1n) is 3.65. The van der Waals surface area contributed by atoms with Gasteiger partial charge >= 0.3 is 0 Å². The molecule has 0 heterocycles.